The van der Waals surface area contributed by atoms with E-state index in [1.165, 1.54) is 0 Å². The van der Waals surface area contributed by atoms with Gasteiger partial charge in [-0.3, -0.25) is 9.78 Å². The molecule has 0 radical (unpaired) electrons. The van der Waals surface area contributed by atoms with Crippen LogP contribution in [0.15, 0.2) is 18.3 Å². The van der Waals surface area contributed by atoms with E-state index in [1.54, 1.807) is 6.20 Å². The predicted molar refractivity (Wildman–Crippen MR) is 63.2 cm³/mol. The van der Waals surface area contributed by atoms with Crippen molar-refractivity contribution in [2.75, 3.05) is 11.9 Å². The van der Waals surface area contributed by atoms with Crippen molar-refractivity contribution in [3.8, 4) is 0 Å². The zero-order valence-corrected chi connectivity index (χ0v) is 9.49. The highest BCUT2D eigenvalue weighted by Crippen LogP contribution is 2.11. The molecule has 2 rings (SSSR count). The highest BCUT2D eigenvalue weighted by Gasteiger charge is 2.20. The van der Waals surface area contributed by atoms with E-state index in [9.17, 15) is 4.79 Å². The third-order valence-electron chi connectivity index (χ3n) is 2.81. The van der Waals surface area contributed by atoms with Gasteiger partial charge in [-0.1, -0.05) is 6.42 Å². The summed E-state index contributed by atoms with van der Waals surface area (Å²) < 4.78 is 0. The van der Waals surface area contributed by atoms with Crippen molar-refractivity contribution in [1.82, 2.24) is 10.3 Å². The molecule has 1 amide bonds. The summed E-state index contributed by atoms with van der Waals surface area (Å²) in [7, 11) is 0. The number of piperidine rings is 1. The van der Waals surface area contributed by atoms with Gasteiger partial charge in [0, 0.05) is 5.69 Å². The smallest absolute Gasteiger partial charge is 0.241 e. The first kappa shape index (κ1) is 11.1. The van der Waals surface area contributed by atoms with Crippen molar-refractivity contribution in [3.63, 3.8) is 0 Å². The SMILES string of the molecule is Cc1ccc(NC(=O)[C@H]2CCCCN2)cn1. The number of rotatable bonds is 2. The summed E-state index contributed by atoms with van der Waals surface area (Å²) in [6.45, 7) is 2.86. The molecule has 4 nitrogen and oxygen atoms in total. The fourth-order valence-corrected chi connectivity index (χ4v) is 1.85. The van der Waals surface area contributed by atoms with Crippen LogP contribution in [0.25, 0.3) is 0 Å². The molecule has 1 aromatic heterocycles. The maximum absolute atomic E-state index is 11.9. The number of amides is 1. The average Bonchev–Trinajstić information content (AvgIpc) is 2.33. The van der Waals surface area contributed by atoms with Gasteiger partial charge >= 0.3 is 0 Å². The van der Waals surface area contributed by atoms with Crippen LogP contribution in [0, 0.1) is 6.92 Å². The second kappa shape index (κ2) is 5.07. The zero-order chi connectivity index (χ0) is 11.4. The van der Waals surface area contributed by atoms with Crippen LogP contribution in [0.1, 0.15) is 25.0 Å². The van der Waals surface area contributed by atoms with Gasteiger partial charge in [0.05, 0.1) is 17.9 Å². The number of carbonyl (C=O) groups excluding carboxylic acids is 1. The van der Waals surface area contributed by atoms with Crippen molar-refractivity contribution in [2.24, 2.45) is 0 Å². The second-order valence-electron chi connectivity index (χ2n) is 4.18. The van der Waals surface area contributed by atoms with Crippen molar-refractivity contribution >= 4 is 11.6 Å². The Balaban J connectivity index is 1.93. The number of pyridine rings is 1. The van der Waals surface area contributed by atoms with Gasteiger partial charge < -0.3 is 10.6 Å². The van der Waals surface area contributed by atoms with Gasteiger partial charge in [0.25, 0.3) is 0 Å². The number of aryl methyl sites for hydroxylation is 1. The molecule has 2 N–H and O–H groups in total. The Labute approximate surface area is 95.5 Å². The van der Waals surface area contributed by atoms with E-state index >= 15 is 0 Å². The summed E-state index contributed by atoms with van der Waals surface area (Å²) in [6.07, 6.45) is 4.90. The predicted octanol–water partition coefficient (Wildman–Crippen LogP) is 1.47. The number of hydrogen-bond acceptors (Lipinski definition) is 3. The lowest BCUT2D eigenvalue weighted by Gasteiger charge is -2.22. The number of hydrogen-bond donors (Lipinski definition) is 2. The van der Waals surface area contributed by atoms with Gasteiger partial charge in [0.1, 0.15) is 0 Å². The number of nitrogens with zero attached hydrogens (tertiary/aromatic N) is 1. The molecule has 1 aliphatic rings. The van der Waals surface area contributed by atoms with Crippen LogP contribution in [0.3, 0.4) is 0 Å². The number of aromatic nitrogens is 1. The molecule has 0 saturated carbocycles. The van der Waals surface area contributed by atoms with Gasteiger partial charge in [-0.2, -0.15) is 0 Å². The van der Waals surface area contributed by atoms with Gasteiger partial charge in [-0.25, -0.2) is 0 Å². The van der Waals surface area contributed by atoms with Crippen LogP contribution in [0.2, 0.25) is 0 Å². The van der Waals surface area contributed by atoms with E-state index in [-0.39, 0.29) is 11.9 Å². The molecule has 4 heteroatoms. The molecular weight excluding hydrogens is 202 g/mol. The Morgan fingerprint density at radius 3 is 3.00 bits per heavy atom. The van der Waals surface area contributed by atoms with E-state index in [1.807, 2.05) is 19.1 Å². The first-order valence-corrected chi connectivity index (χ1v) is 5.72. The Kier molecular flexibility index (Phi) is 3.51. The van der Waals surface area contributed by atoms with Crippen LogP contribution in [-0.4, -0.2) is 23.5 Å². The van der Waals surface area contributed by atoms with E-state index in [0.717, 1.165) is 37.2 Å². The molecule has 1 aromatic rings. The van der Waals surface area contributed by atoms with E-state index in [0.29, 0.717) is 0 Å². The topological polar surface area (TPSA) is 54.0 Å². The van der Waals surface area contributed by atoms with Gasteiger partial charge in [0.2, 0.25) is 5.91 Å². The summed E-state index contributed by atoms with van der Waals surface area (Å²) >= 11 is 0. The van der Waals surface area contributed by atoms with Crippen LogP contribution >= 0.6 is 0 Å². The molecule has 0 aliphatic carbocycles. The number of nitrogens with one attached hydrogen (secondary N) is 2. The van der Waals surface area contributed by atoms with E-state index in [4.69, 9.17) is 0 Å². The van der Waals surface area contributed by atoms with Gasteiger partial charge in [-0.05, 0) is 38.4 Å². The van der Waals surface area contributed by atoms with Gasteiger partial charge in [0.15, 0.2) is 0 Å². The Morgan fingerprint density at radius 1 is 1.50 bits per heavy atom. The summed E-state index contributed by atoms with van der Waals surface area (Å²) in [5.74, 6) is 0.0466. The van der Waals surface area contributed by atoms with Crippen LogP contribution in [-0.2, 0) is 4.79 Å². The van der Waals surface area contributed by atoms with Crippen molar-refractivity contribution in [2.45, 2.75) is 32.2 Å². The van der Waals surface area contributed by atoms with Crippen LogP contribution < -0.4 is 10.6 Å². The standard InChI is InChI=1S/C12H17N3O/c1-9-5-6-10(8-14-9)15-12(16)11-4-2-3-7-13-11/h5-6,8,11,13H,2-4,7H2,1H3,(H,15,16)/t11-/m1/s1. The molecule has 1 atom stereocenters. The molecule has 0 aromatic carbocycles. The van der Waals surface area contributed by atoms with Crippen LogP contribution in [0.4, 0.5) is 5.69 Å². The minimum absolute atomic E-state index is 0.0462. The Bertz CT molecular complexity index is 355. The van der Waals surface area contributed by atoms with Gasteiger partial charge in [-0.15, -0.1) is 0 Å². The Hall–Kier alpha value is -1.42. The lowest BCUT2D eigenvalue weighted by Crippen LogP contribution is -2.43. The molecular formula is C12H17N3O. The highest BCUT2D eigenvalue weighted by molar-refractivity contribution is 5.94. The largest absolute Gasteiger partial charge is 0.323 e. The van der Waals surface area contributed by atoms with Crippen LogP contribution in [0.5, 0.6) is 0 Å². The second-order valence-corrected chi connectivity index (χ2v) is 4.18. The van der Waals surface area contributed by atoms with E-state index < -0.39 is 0 Å². The summed E-state index contributed by atoms with van der Waals surface area (Å²) in [5, 5.41) is 6.09. The number of carbonyl (C=O) groups is 1. The first-order chi connectivity index (χ1) is 7.75. The van der Waals surface area contributed by atoms with Crippen molar-refractivity contribution < 1.29 is 4.79 Å². The fraction of sp³-hybridized carbons (Fsp3) is 0.500. The monoisotopic (exact) mass is 219 g/mol. The molecule has 1 fully saturated rings. The maximum Gasteiger partial charge on any atom is 0.241 e. The summed E-state index contributed by atoms with van der Waals surface area (Å²) in [5.41, 5.74) is 1.72. The Morgan fingerprint density at radius 2 is 2.38 bits per heavy atom. The fourth-order valence-electron chi connectivity index (χ4n) is 1.85. The maximum atomic E-state index is 11.9. The third kappa shape index (κ3) is 2.79. The molecule has 2 heterocycles. The quantitative estimate of drug-likeness (QED) is 0.792. The average molecular weight is 219 g/mol. The summed E-state index contributed by atoms with van der Waals surface area (Å²) in [6, 6.07) is 3.72. The highest BCUT2D eigenvalue weighted by atomic mass is 16.2. The lowest BCUT2D eigenvalue weighted by molar-refractivity contribution is -0.118. The summed E-state index contributed by atoms with van der Waals surface area (Å²) in [4.78, 5) is 16.0. The number of anilines is 1. The first-order valence-electron chi connectivity index (χ1n) is 5.72. The lowest BCUT2D eigenvalue weighted by atomic mass is 10.0. The molecule has 1 saturated heterocycles. The zero-order valence-electron chi connectivity index (χ0n) is 9.49. The molecule has 0 bridgehead atoms. The third-order valence-corrected chi connectivity index (χ3v) is 2.81. The molecule has 16 heavy (non-hydrogen) atoms. The minimum Gasteiger partial charge on any atom is -0.323 e. The molecule has 86 valence electrons. The molecule has 0 unspecified atom stereocenters. The van der Waals surface area contributed by atoms with Crippen molar-refractivity contribution in [3.05, 3.63) is 24.0 Å². The normalized spacial score (nSPS) is 20.4. The minimum atomic E-state index is -0.0462. The van der Waals surface area contributed by atoms with E-state index in [2.05, 4.69) is 15.6 Å². The molecule has 1 aliphatic heterocycles. The molecule has 0 spiro atoms. The van der Waals surface area contributed by atoms with Crippen molar-refractivity contribution in [1.29, 1.82) is 0 Å².